The first-order valence-electron chi connectivity index (χ1n) is 6.91. The summed E-state index contributed by atoms with van der Waals surface area (Å²) in [5.74, 6) is 1.23. The molecule has 0 N–H and O–H groups in total. The highest BCUT2D eigenvalue weighted by Crippen LogP contribution is 2.28. The number of fused-ring (bicyclic) bond motifs is 1. The van der Waals surface area contributed by atoms with E-state index in [1.807, 2.05) is 30.3 Å². The highest BCUT2D eigenvalue weighted by molar-refractivity contribution is 5.81. The quantitative estimate of drug-likeness (QED) is 0.693. The second-order valence-electron chi connectivity index (χ2n) is 4.73. The fraction of sp³-hybridized carbons (Fsp3) is 0.118. The Balaban J connectivity index is 2.03. The molecule has 0 atom stereocenters. The van der Waals surface area contributed by atoms with Crippen LogP contribution in [-0.4, -0.2) is 29.2 Å². The SMILES string of the molecule is COc1ccc(/C=C(/C#N)n2nc3ccccc3n2)cc1OC. The van der Waals surface area contributed by atoms with E-state index >= 15 is 0 Å². The van der Waals surface area contributed by atoms with E-state index in [2.05, 4.69) is 16.3 Å². The number of benzene rings is 2. The first-order valence-corrected chi connectivity index (χ1v) is 6.91. The first kappa shape index (κ1) is 14.6. The number of nitriles is 1. The number of nitrogens with zero attached hydrogens (tertiary/aromatic N) is 4. The van der Waals surface area contributed by atoms with Crippen molar-refractivity contribution in [1.29, 1.82) is 5.26 Å². The van der Waals surface area contributed by atoms with Gasteiger partial charge in [0.2, 0.25) is 0 Å². The van der Waals surface area contributed by atoms with Crippen molar-refractivity contribution in [2.75, 3.05) is 14.2 Å². The van der Waals surface area contributed by atoms with Crippen molar-refractivity contribution < 1.29 is 9.47 Å². The van der Waals surface area contributed by atoms with Gasteiger partial charge in [0, 0.05) is 0 Å². The molecule has 6 heteroatoms. The van der Waals surface area contributed by atoms with Crippen LogP contribution in [0.15, 0.2) is 42.5 Å². The van der Waals surface area contributed by atoms with Gasteiger partial charge < -0.3 is 9.47 Å². The summed E-state index contributed by atoms with van der Waals surface area (Å²) in [6.07, 6.45) is 1.70. The third-order valence-corrected chi connectivity index (χ3v) is 3.33. The van der Waals surface area contributed by atoms with Crippen LogP contribution < -0.4 is 9.47 Å². The zero-order valence-corrected chi connectivity index (χ0v) is 12.7. The average molecular weight is 306 g/mol. The minimum Gasteiger partial charge on any atom is -0.493 e. The third-order valence-electron chi connectivity index (χ3n) is 3.33. The van der Waals surface area contributed by atoms with E-state index in [0.717, 1.165) is 16.6 Å². The molecule has 0 spiro atoms. The molecule has 0 aliphatic rings. The standard InChI is InChI=1S/C17H14N4O2/c1-22-16-8-7-12(10-17(16)23-2)9-13(11-18)21-19-14-5-3-4-6-15(14)20-21/h3-10H,1-2H3/b13-9-. The van der Waals surface area contributed by atoms with Gasteiger partial charge in [0.1, 0.15) is 17.1 Å². The van der Waals surface area contributed by atoms with Crippen molar-refractivity contribution in [3.8, 4) is 17.6 Å². The summed E-state index contributed by atoms with van der Waals surface area (Å²) in [4.78, 5) is 1.33. The van der Waals surface area contributed by atoms with E-state index in [4.69, 9.17) is 9.47 Å². The Labute approximate surface area is 133 Å². The Morgan fingerprint density at radius 2 is 1.70 bits per heavy atom. The first-order chi connectivity index (χ1) is 11.2. The van der Waals surface area contributed by atoms with Gasteiger partial charge in [-0.15, -0.1) is 15.0 Å². The average Bonchev–Trinajstić information content (AvgIpc) is 3.03. The van der Waals surface area contributed by atoms with Gasteiger partial charge in [-0.05, 0) is 35.9 Å². The summed E-state index contributed by atoms with van der Waals surface area (Å²) >= 11 is 0. The maximum absolute atomic E-state index is 9.42. The normalized spacial score (nSPS) is 11.3. The zero-order valence-electron chi connectivity index (χ0n) is 12.7. The zero-order chi connectivity index (χ0) is 16.2. The van der Waals surface area contributed by atoms with Crippen molar-refractivity contribution in [2.45, 2.75) is 0 Å². The molecule has 0 unspecified atom stereocenters. The van der Waals surface area contributed by atoms with E-state index in [1.54, 1.807) is 32.4 Å². The molecule has 0 saturated carbocycles. The molecule has 114 valence electrons. The van der Waals surface area contributed by atoms with Crippen LogP contribution in [0.4, 0.5) is 0 Å². The Morgan fingerprint density at radius 3 is 2.26 bits per heavy atom. The molecule has 0 amide bonds. The number of aromatic nitrogens is 3. The molecule has 0 aliphatic carbocycles. The van der Waals surface area contributed by atoms with Gasteiger partial charge in [0.25, 0.3) is 0 Å². The van der Waals surface area contributed by atoms with Crippen LogP contribution in [-0.2, 0) is 0 Å². The second kappa shape index (κ2) is 6.20. The van der Waals surface area contributed by atoms with Crippen LogP contribution in [0.3, 0.4) is 0 Å². The van der Waals surface area contributed by atoms with E-state index < -0.39 is 0 Å². The minimum absolute atomic E-state index is 0.313. The molecule has 0 radical (unpaired) electrons. The largest absolute Gasteiger partial charge is 0.493 e. The molecule has 2 aromatic carbocycles. The van der Waals surface area contributed by atoms with E-state index in [9.17, 15) is 5.26 Å². The van der Waals surface area contributed by atoms with E-state index in [1.165, 1.54) is 4.80 Å². The van der Waals surface area contributed by atoms with Crippen molar-refractivity contribution in [2.24, 2.45) is 0 Å². The smallest absolute Gasteiger partial charge is 0.163 e. The Hall–Kier alpha value is -3.33. The van der Waals surface area contributed by atoms with Gasteiger partial charge >= 0.3 is 0 Å². The molecule has 6 nitrogen and oxygen atoms in total. The summed E-state index contributed by atoms with van der Waals surface area (Å²) in [6, 6.07) is 15.0. The van der Waals surface area contributed by atoms with Gasteiger partial charge in [-0.25, -0.2) is 0 Å². The number of allylic oxidation sites excluding steroid dienone is 1. The number of hydrogen-bond acceptors (Lipinski definition) is 5. The monoisotopic (exact) mass is 306 g/mol. The minimum atomic E-state index is 0.313. The fourth-order valence-electron chi connectivity index (χ4n) is 2.20. The van der Waals surface area contributed by atoms with Crippen LogP contribution in [0, 0.1) is 11.3 Å². The van der Waals surface area contributed by atoms with Crippen molar-refractivity contribution in [1.82, 2.24) is 15.0 Å². The van der Waals surface area contributed by atoms with Crippen LogP contribution >= 0.6 is 0 Å². The fourth-order valence-corrected chi connectivity index (χ4v) is 2.20. The molecule has 0 saturated heterocycles. The molecule has 1 aromatic heterocycles. The van der Waals surface area contributed by atoms with Crippen LogP contribution in [0.1, 0.15) is 5.56 Å². The summed E-state index contributed by atoms with van der Waals surface area (Å²) < 4.78 is 10.5. The number of rotatable bonds is 4. The van der Waals surface area contributed by atoms with Crippen molar-refractivity contribution in [3.05, 3.63) is 48.0 Å². The molecule has 0 bridgehead atoms. The predicted molar refractivity (Wildman–Crippen MR) is 86.9 cm³/mol. The van der Waals surface area contributed by atoms with Crippen LogP contribution in [0.25, 0.3) is 22.8 Å². The van der Waals surface area contributed by atoms with Crippen molar-refractivity contribution in [3.63, 3.8) is 0 Å². The van der Waals surface area contributed by atoms with Gasteiger partial charge in [-0.3, -0.25) is 0 Å². The van der Waals surface area contributed by atoms with Gasteiger partial charge in [-0.2, -0.15) is 5.26 Å². The second-order valence-corrected chi connectivity index (χ2v) is 4.73. The van der Waals surface area contributed by atoms with Gasteiger partial charge in [0.15, 0.2) is 17.2 Å². The Morgan fingerprint density at radius 1 is 1.04 bits per heavy atom. The Bertz CT molecular complexity index is 889. The molecule has 0 fully saturated rings. The molecule has 0 aliphatic heterocycles. The maximum Gasteiger partial charge on any atom is 0.163 e. The molecule has 3 aromatic rings. The lowest BCUT2D eigenvalue weighted by Crippen LogP contribution is -1.99. The lowest BCUT2D eigenvalue weighted by molar-refractivity contribution is 0.355. The highest BCUT2D eigenvalue weighted by atomic mass is 16.5. The molecule has 23 heavy (non-hydrogen) atoms. The third kappa shape index (κ3) is 2.85. The molecular formula is C17H14N4O2. The van der Waals surface area contributed by atoms with Gasteiger partial charge in [-0.1, -0.05) is 18.2 Å². The predicted octanol–water partition coefficient (Wildman–Crippen LogP) is 2.97. The van der Waals surface area contributed by atoms with Crippen molar-refractivity contribution >= 4 is 22.8 Å². The number of methoxy groups -OCH3 is 2. The summed E-state index contributed by atoms with van der Waals surface area (Å²) in [5, 5.41) is 18.0. The maximum atomic E-state index is 9.42. The summed E-state index contributed by atoms with van der Waals surface area (Å²) in [6.45, 7) is 0. The number of hydrogen-bond donors (Lipinski definition) is 0. The van der Waals surface area contributed by atoms with Crippen LogP contribution in [0.2, 0.25) is 0 Å². The Kier molecular flexibility index (Phi) is 3.93. The van der Waals surface area contributed by atoms with E-state index in [-0.39, 0.29) is 0 Å². The summed E-state index contributed by atoms with van der Waals surface area (Å²) in [5.41, 5.74) is 2.58. The van der Waals surface area contributed by atoms with Crippen LogP contribution in [0.5, 0.6) is 11.5 Å². The lowest BCUT2D eigenvalue weighted by Gasteiger charge is -2.07. The van der Waals surface area contributed by atoms with E-state index in [0.29, 0.717) is 17.2 Å². The number of ether oxygens (including phenoxy) is 2. The highest BCUT2D eigenvalue weighted by Gasteiger charge is 2.08. The summed E-state index contributed by atoms with van der Waals surface area (Å²) in [7, 11) is 3.14. The van der Waals surface area contributed by atoms with Gasteiger partial charge in [0.05, 0.1) is 14.2 Å². The molecule has 3 rings (SSSR count). The molecule has 1 heterocycles. The molecular weight excluding hydrogens is 292 g/mol. The lowest BCUT2D eigenvalue weighted by atomic mass is 10.1. The topological polar surface area (TPSA) is 73.0 Å².